The molecule has 1 unspecified atom stereocenters. The summed E-state index contributed by atoms with van der Waals surface area (Å²) in [5, 5.41) is 10.9. The van der Waals surface area contributed by atoms with Gasteiger partial charge in [-0.1, -0.05) is 13.0 Å². The number of hydrogen-bond acceptors (Lipinski definition) is 4. The minimum absolute atomic E-state index is 0.186. The van der Waals surface area contributed by atoms with Crippen LogP contribution in [-0.4, -0.2) is 30.7 Å². The molecular formula is C12H15FN2O4S. The number of hydrogen-bond donors (Lipinski definition) is 0. The highest BCUT2D eigenvalue weighted by molar-refractivity contribution is 7.89. The number of nitro benzene ring substituents is 1. The number of nitrogens with zero attached hydrogens (tertiary/aromatic N) is 2. The van der Waals surface area contributed by atoms with Gasteiger partial charge < -0.3 is 0 Å². The van der Waals surface area contributed by atoms with Crippen molar-refractivity contribution in [2.45, 2.75) is 24.7 Å². The third kappa shape index (κ3) is 2.66. The van der Waals surface area contributed by atoms with Gasteiger partial charge in [-0.15, -0.1) is 0 Å². The lowest BCUT2D eigenvalue weighted by atomic mass is 10.0. The first-order valence-corrected chi connectivity index (χ1v) is 7.71. The van der Waals surface area contributed by atoms with E-state index in [2.05, 4.69) is 0 Å². The lowest BCUT2D eigenvalue weighted by Crippen LogP contribution is -2.39. The second-order valence-electron chi connectivity index (χ2n) is 4.95. The molecule has 20 heavy (non-hydrogen) atoms. The minimum atomic E-state index is -4.04. The van der Waals surface area contributed by atoms with Crippen LogP contribution in [0.2, 0.25) is 0 Å². The summed E-state index contributed by atoms with van der Waals surface area (Å²) < 4.78 is 39.7. The van der Waals surface area contributed by atoms with Gasteiger partial charge in [0.1, 0.15) is 0 Å². The number of rotatable bonds is 3. The molecule has 1 fully saturated rings. The zero-order chi connectivity index (χ0) is 14.9. The summed E-state index contributed by atoms with van der Waals surface area (Å²) in [5.41, 5.74) is -0.981. The van der Waals surface area contributed by atoms with Crippen molar-refractivity contribution in [3.63, 3.8) is 0 Å². The van der Waals surface area contributed by atoms with Crippen LogP contribution >= 0.6 is 0 Å². The van der Waals surface area contributed by atoms with Gasteiger partial charge in [0.15, 0.2) is 4.90 Å². The first kappa shape index (κ1) is 14.9. The molecule has 6 nitrogen and oxygen atoms in total. The van der Waals surface area contributed by atoms with Crippen LogP contribution in [0.15, 0.2) is 23.1 Å². The van der Waals surface area contributed by atoms with Gasteiger partial charge in [0.05, 0.1) is 4.92 Å². The number of halogens is 1. The molecule has 110 valence electrons. The van der Waals surface area contributed by atoms with E-state index in [1.54, 1.807) is 0 Å². The maximum atomic E-state index is 13.6. The van der Waals surface area contributed by atoms with Gasteiger partial charge in [-0.3, -0.25) is 10.1 Å². The Kier molecular flexibility index (Phi) is 4.05. The Morgan fingerprint density at radius 3 is 2.75 bits per heavy atom. The summed E-state index contributed by atoms with van der Waals surface area (Å²) in [6, 6.07) is 3.13. The number of para-hydroxylation sites is 1. The van der Waals surface area contributed by atoms with E-state index in [1.165, 1.54) is 10.4 Å². The third-order valence-electron chi connectivity index (χ3n) is 3.37. The van der Waals surface area contributed by atoms with Crippen LogP contribution in [-0.2, 0) is 10.0 Å². The summed E-state index contributed by atoms with van der Waals surface area (Å²) >= 11 is 0. The summed E-state index contributed by atoms with van der Waals surface area (Å²) in [6.45, 7) is 2.53. The number of piperidine rings is 1. The predicted molar refractivity (Wildman–Crippen MR) is 70.2 cm³/mol. The molecule has 1 saturated heterocycles. The zero-order valence-corrected chi connectivity index (χ0v) is 11.8. The summed E-state index contributed by atoms with van der Waals surface area (Å²) in [4.78, 5) is 9.36. The van der Waals surface area contributed by atoms with Crippen molar-refractivity contribution in [1.82, 2.24) is 4.31 Å². The predicted octanol–water partition coefficient (Wildman–Crippen LogP) is 2.15. The van der Waals surface area contributed by atoms with Gasteiger partial charge in [-0.25, -0.2) is 8.42 Å². The van der Waals surface area contributed by atoms with Crippen LogP contribution in [0.4, 0.5) is 10.1 Å². The molecule has 8 heteroatoms. The van der Waals surface area contributed by atoms with E-state index in [-0.39, 0.29) is 5.92 Å². The van der Waals surface area contributed by atoms with Gasteiger partial charge in [0.25, 0.3) is 0 Å². The molecule has 1 aliphatic heterocycles. The molecule has 0 N–H and O–H groups in total. The number of benzene rings is 1. The monoisotopic (exact) mass is 302 g/mol. The van der Waals surface area contributed by atoms with Crippen molar-refractivity contribution in [3.05, 3.63) is 34.1 Å². The molecule has 2 rings (SSSR count). The topological polar surface area (TPSA) is 80.5 Å². The molecule has 0 bridgehead atoms. The molecule has 1 atom stereocenters. The second-order valence-corrected chi connectivity index (χ2v) is 6.86. The van der Waals surface area contributed by atoms with Crippen molar-refractivity contribution in [2.75, 3.05) is 13.1 Å². The minimum Gasteiger partial charge on any atom is -0.258 e. The van der Waals surface area contributed by atoms with Crippen LogP contribution in [0.25, 0.3) is 0 Å². The smallest absolute Gasteiger partial charge is 0.258 e. The Hall–Kier alpha value is -1.54. The van der Waals surface area contributed by atoms with Crippen molar-refractivity contribution in [3.8, 4) is 0 Å². The van der Waals surface area contributed by atoms with Gasteiger partial charge in [-0.05, 0) is 30.9 Å². The Labute approximate surface area is 116 Å². The maximum absolute atomic E-state index is 13.6. The fourth-order valence-corrected chi connectivity index (χ4v) is 4.15. The van der Waals surface area contributed by atoms with E-state index in [1.807, 2.05) is 6.92 Å². The maximum Gasteiger partial charge on any atom is 0.324 e. The van der Waals surface area contributed by atoms with E-state index in [4.69, 9.17) is 0 Å². The van der Waals surface area contributed by atoms with Crippen LogP contribution in [0.5, 0.6) is 0 Å². The Morgan fingerprint density at radius 1 is 1.45 bits per heavy atom. The highest BCUT2D eigenvalue weighted by atomic mass is 32.2. The van der Waals surface area contributed by atoms with Crippen LogP contribution in [0, 0.1) is 21.8 Å². The Bertz CT molecular complexity index is 632. The quantitative estimate of drug-likeness (QED) is 0.633. The molecule has 1 heterocycles. The van der Waals surface area contributed by atoms with Crippen LogP contribution in [0.1, 0.15) is 19.8 Å². The van der Waals surface area contributed by atoms with Crippen LogP contribution in [0.3, 0.4) is 0 Å². The van der Waals surface area contributed by atoms with Crippen molar-refractivity contribution < 1.29 is 17.7 Å². The lowest BCUT2D eigenvalue weighted by Gasteiger charge is -2.29. The standard InChI is InChI=1S/C12H15FN2O4S/c1-9-4-3-7-14(8-9)20(18,19)11-6-2-5-10(13)12(11)15(16)17/h2,5-6,9H,3-4,7-8H2,1H3. The molecule has 1 aromatic rings. The molecule has 0 aromatic heterocycles. The molecule has 0 aliphatic carbocycles. The fourth-order valence-electron chi connectivity index (χ4n) is 2.38. The summed E-state index contributed by atoms with van der Waals surface area (Å²) in [5.74, 6) is -0.952. The SMILES string of the molecule is CC1CCCN(S(=O)(=O)c2cccc(F)c2[N+](=O)[O-])C1. The van der Waals surface area contributed by atoms with Gasteiger partial charge in [0.2, 0.25) is 15.8 Å². The third-order valence-corrected chi connectivity index (χ3v) is 5.27. The molecular weight excluding hydrogens is 287 g/mol. The van der Waals surface area contributed by atoms with Crippen molar-refractivity contribution in [1.29, 1.82) is 0 Å². The number of sulfonamides is 1. The van der Waals surface area contributed by atoms with Crippen LogP contribution < -0.4 is 0 Å². The summed E-state index contributed by atoms with van der Waals surface area (Å²) in [7, 11) is -4.04. The average molecular weight is 302 g/mol. The van der Waals surface area contributed by atoms with Gasteiger partial charge in [-0.2, -0.15) is 8.70 Å². The zero-order valence-electron chi connectivity index (χ0n) is 11.0. The highest BCUT2D eigenvalue weighted by Crippen LogP contribution is 2.31. The highest BCUT2D eigenvalue weighted by Gasteiger charge is 2.35. The molecule has 1 aliphatic rings. The first-order valence-electron chi connectivity index (χ1n) is 6.27. The molecule has 0 radical (unpaired) electrons. The fraction of sp³-hybridized carbons (Fsp3) is 0.500. The number of nitro groups is 1. The van der Waals surface area contributed by atoms with E-state index < -0.39 is 31.3 Å². The molecule has 1 aromatic carbocycles. The molecule has 0 spiro atoms. The van der Waals surface area contributed by atoms with Crippen molar-refractivity contribution in [2.24, 2.45) is 5.92 Å². The molecule has 0 amide bonds. The lowest BCUT2D eigenvalue weighted by molar-refractivity contribution is -0.390. The van der Waals surface area contributed by atoms with Crippen molar-refractivity contribution >= 4 is 15.7 Å². The normalized spacial score (nSPS) is 20.8. The molecule has 0 saturated carbocycles. The average Bonchev–Trinajstić information content (AvgIpc) is 2.38. The van der Waals surface area contributed by atoms with E-state index in [0.717, 1.165) is 18.6 Å². The Morgan fingerprint density at radius 2 is 2.15 bits per heavy atom. The summed E-state index contributed by atoms with van der Waals surface area (Å²) in [6.07, 6.45) is 1.61. The van der Waals surface area contributed by atoms with E-state index in [9.17, 15) is 22.9 Å². The van der Waals surface area contributed by atoms with E-state index in [0.29, 0.717) is 19.5 Å². The first-order chi connectivity index (χ1) is 9.34. The van der Waals surface area contributed by atoms with Gasteiger partial charge >= 0.3 is 5.69 Å². The van der Waals surface area contributed by atoms with E-state index >= 15 is 0 Å². The second kappa shape index (κ2) is 5.45. The van der Waals surface area contributed by atoms with Gasteiger partial charge in [0, 0.05) is 13.1 Å². The largest absolute Gasteiger partial charge is 0.324 e. The Balaban J connectivity index is 2.49.